The number of rotatable bonds is 7. The molecule has 1 saturated carbocycles. The van der Waals surface area contributed by atoms with E-state index in [-0.39, 0.29) is 5.91 Å². The number of carbonyl (C=O) groups excluding carboxylic acids is 1. The summed E-state index contributed by atoms with van der Waals surface area (Å²) in [4.78, 5) is 13.0. The van der Waals surface area contributed by atoms with E-state index in [1.54, 1.807) is 11.8 Å². The largest absolute Gasteiger partial charge is 0.368 e. The third-order valence-electron chi connectivity index (χ3n) is 4.17. The van der Waals surface area contributed by atoms with E-state index in [0.29, 0.717) is 17.6 Å². The first-order valence-corrected chi connectivity index (χ1v) is 8.19. The number of hydrogen-bond donors (Lipinski definition) is 2. The van der Waals surface area contributed by atoms with Crippen LogP contribution in [0.2, 0.25) is 0 Å². The molecule has 0 spiro atoms. The number of nitrogens with two attached hydrogens (primary N) is 1. The van der Waals surface area contributed by atoms with Gasteiger partial charge in [0.15, 0.2) is 0 Å². The van der Waals surface area contributed by atoms with Gasteiger partial charge in [0.1, 0.15) is 5.54 Å². The molecule has 0 aromatic heterocycles. The zero-order valence-electron chi connectivity index (χ0n) is 12.5. The van der Waals surface area contributed by atoms with Crippen LogP contribution in [0.3, 0.4) is 0 Å². The van der Waals surface area contributed by atoms with Crippen molar-refractivity contribution in [3.63, 3.8) is 0 Å². The number of amides is 1. The van der Waals surface area contributed by atoms with Gasteiger partial charge >= 0.3 is 0 Å². The highest BCUT2D eigenvalue weighted by Crippen LogP contribution is 2.42. The van der Waals surface area contributed by atoms with Gasteiger partial charge in [-0.25, -0.2) is 0 Å². The van der Waals surface area contributed by atoms with Crippen LogP contribution in [0.1, 0.15) is 38.2 Å². The minimum absolute atomic E-state index is 0.228. The molecule has 20 heavy (non-hydrogen) atoms. The predicted molar refractivity (Wildman–Crippen MR) is 85.0 cm³/mol. The first-order chi connectivity index (χ1) is 9.49. The Morgan fingerprint density at radius 3 is 2.40 bits per heavy atom. The molecule has 1 atom stereocenters. The third kappa shape index (κ3) is 3.18. The smallest absolute Gasteiger partial charge is 0.238 e. The normalized spacial score (nSPS) is 18.0. The molecular formula is C16H24N2OS. The van der Waals surface area contributed by atoms with Crippen LogP contribution in [0.4, 0.5) is 0 Å². The highest BCUT2D eigenvalue weighted by atomic mass is 32.2. The third-order valence-corrected chi connectivity index (χ3v) is 5.38. The summed E-state index contributed by atoms with van der Waals surface area (Å²) < 4.78 is 0. The van der Waals surface area contributed by atoms with Crippen molar-refractivity contribution in [1.82, 2.24) is 5.32 Å². The lowest BCUT2D eigenvalue weighted by molar-refractivity contribution is -0.124. The van der Waals surface area contributed by atoms with Crippen LogP contribution in [0, 0.1) is 5.92 Å². The molecule has 1 aromatic carbocycles. The summed E-state index contributed by atoms with van der Waals surface area (Å²) in [5.41, 5.74) is 6.42. The lowest BCUT2D eigenvalue weighted by Crippen LogP contribution is -2.57. The van der Waals surface area contributed by atoms with Crippen LogP contribution in [-0.2, 0) is 4.79 Å². The van der Waals surface area contributed by atoms with E-state index < -0.39 is 5.54 Å². The molecule has 2 rings (SSSR count). The van der Waals surface area contributed by atoms with Gasteiger partial charge in [-0.1, -0.05) is 26.0 Å². The second-order valence-electron chi connectivity index (χ2n) is 5.87. The summed E-state index contributed by atoms with van der Waals surface area (Å²) in [6, 6.07) is 8.59. The van der Waals surface area contributed by atoms with Gasteiger partial charge in [0.05, 0.1) is 0 Å². The Kier molecular flexibility index (Phi) is 4.76. The topological polar surface area (TPSA) is 55.1 Å². The Hall–Kier alpha value is -1.00. The van der Waals surface area contributed by atoms with Gasteiger partial charge in [-0.2, -0.15) is 0 Å². The first-order valence-electron chi connectivity index (χ1n) is 7.21. The Labute approximate surface area is 125 Å². The molecule has 4 heteroatoms. The summed E-state index contributed by atoms with van der Waals surface area (Å²) in [5.74, 6) is 1.41. The van der Waals surface area contributed by atoms with Crippen LogP contribution in [0.5, 0.6) is 0 Å². The van der Waals surface area contributed by atoms with E-state index >= 15 is 0 Å². The van der Waals surface area contributed by atoms with Gasteiger partial charge in [-0.05, 0) is 49.4 Å². The first kappa shape index (κ1) is 15.4. The molecule has 3 N–H and O–H groups in total. The number of hydrogen-bond acceptors (Lipinski definition) is 3. The second kappa shape index (κ2) is 6.19. The molecule has 1 aliphatic carbocycles. The summed E-state index contributed by atoms with van der Waals surface area (Å²) in [6.07, 6.45) is 2.19. The summed E-state index contributed by atoms with van der Waals surface area (Å²) in [6.45, 7) is 4.38. The van der Waals surface area contributed by atoms with Crippen molar-refractivity contribution >= 4 is 17.7 Å². The molecule has 1 amide bonds. The van der Waals surface area contributed by atoms with Crippen molar-refractivity contribution in [2.75, 3.05) is 12.8 Å². The lowest BCUT2D eigenvalue weighted by atomic mass is 9.95. The number of primary amides is 1. The SMILES string of the molecule is CNC(CSc1ccc(C(C)C)cc1)(C(N)=O)C1CC1. The number of likely N-dealkylation sites (N-methyl/N-ethyl adjacent to an activating group) is 1. The standard InChI is InChI=1S/C16H24N2OS/c1-11(2)12-4-8-14(9-5-12)20-10-16(18-3,15(17)19)13-6-7-13/h4-5,8-9,11,13,18H,6-7,10H2,1-3H3,(H2,17,19). The van der Waals surface area contributed by atoms with E-state index in [0.717, 1.165) is 12.8 Å². The molecule has 3 nitrogen and oxygen atoms in total. The Morgan fingerprint density at radius 1 is 1.40 bits per heavy atom. The van der Waals surface area contributed by atoms with Gasteiger partial charge in [-0.15, -0.1) is 11.8 Å². The van der Waals surface area contributed by atoms with Crippen molar-refractivity contribution in [2.24, 2.45) is 11.7 Å². The molecule has 110 valence electrons. The average Bonchev–Trinajstić information content (AvgIpc) is 3.25. The summed E-state index contributed by atoms with van der Waals surface area (Å²) in [5, 5.41) is 3.18. The number of nitrogens with one attached hydrogen (secondary N) is 1. The van der Waals surface area contributed by atoms with Crippen LogP contribution in [-0.4, -0.2) is 24.2 Å². The maximum absolute atomic E-state index is 11.8. The monoisotopic (exact) mass is 292 g/mol. The molecular weight excluding hydrogens is 268 g/mol. The van der Waals surface area contributed by atoms with E-state index in [1.807, 2.05) is 7.05 Å². The lowest BCUT2D eigenvalue weighted by Gasteiger charge is -2.30. The van der Waals surface area contributed by atoms with Gasteiger partial charge in [0, 0.05) is 10.6 Å². The van der Waals surface area contributed by atoms with E-state index in [2.05, 4.69) is 43.4 Å². The molecule has 1 aliphatic rings. The number of thioether (sulfide) groups is 1. The summed E-state index contributed by atoms with van der Waals surface area (Å²) >= 11 is 1.71. The highest BCUT2D eigenvalue weighted by molar-refractivity contribution is 7.99. The molecule has 0 heterocycles. The Morgan fingerprint density at radius 2 is 2.00 bits per heavy atom. The predicted octanol–water partition coefficient (Wildman–Crippen LogP) is 2.76. The van der Waals surface area contributed by atoms with E-state index in [9.17, 15) is 4.79 Å². The van der Waals surface area contributed by atoms with Crippen LogP contribution in [0.25, 0.3) is 0 Å². The number of benzene rings is 1. The number of carbonyl (C=O) groups is 1. The highest BCUT2D eigenvalue weighted by Gasteiger charge is 2.48. The maximum Gasteiger partial charge on any atom is 0.238 e. The fraction of sp³-hybridized carbons (Fsp3) is 0.562. The second-order valence-corrected chi connectivity index (χ2v) is 6.92. The molecule has 0 bridgehead atoms. The quantitative estimate of drug-likeness (QED) is 0.760. The average molecular weight is 292 g/mol. The zero-order chi connectivity index (χ0) is 14.8. The maximum atomic E-state index is 11.8. The van der Waals surface area contributed by atoms with Crippen LogP contribution < -0.4 is 11.1 Å². The molecule has 0 radical (unpaired) electrons. The van der Waals surface area contributed by atoms with Gasteiger partial charge in [-0.3, -0.25) is 4.79 Å². The fourth-order valence-corrected chi connectivity index (χ4v) is 3.76. The van der Waals surface area contributed by atoms with Crippen molar-refractivity contribution in [3.8, 4) is 0 Å². The van der Waals surface area contributed by atoms with Gasteiger partial charge in [0.25, 0.3) is 0 Å². The van der Waals surface area contributed by atoms with Crippen molar-refractivity contribution < 1.29 is 4.79 Å². The molecule has 1 aromatic rings. The van der Waals surface area contributed by atoms with Crippen molar-refractivity contribution in [1.29, 1.82) is 0 Å². The fourth-order valence-electron chi connectivity index (χ4n) is 2.51. The minimum atomic E-state index is -0.554. The van der Waals surface area contributed by atoms with Crippen LogP contribution in [0.15, 0.2) is 29.2 Å². The Bertz CT molecular complexity index is 468. The zero-order valence-corrected chi connectivity index (χ0v) is 13.3. The molecule has 0 saturated heterocycles. The minimum Gasteiger partial charge on any atom is -0.368 e. The molecule has 0 aliphatic heterocycles. The van der Waals surface area contributed by atoms with Crippen molar-refractivity contribution in [3.05, 3.63) is 29.8 Å². The van der Waals surface area contributed by atoms with Gasteiger partial charge in [0.2, 0.25) is 5.91 Å². The molecule has 1 fully saturated rings. The molecule has 1 unspecified atom stereocenters. The van der Waals surface area contributed by atoms with E-state index in [1.165, 1.54) is 10.5 Å². The summed E-state index contributed by atoms with van der Waals surface area (Å²) in [7, 11) is 1.84. The Balaban J connectivity index is 2.04. The van der Waals surface area contributed by atoms with Crippen LogP contribution >= 0.6 is 11.8 Å². The van der Waals surface area contributed by atoms with Gasteiger partial charge < -0.3 is 11.1 Å². The van der Waals surface area contributed by atoms with E-state index in [4.69, 9.17) is 5.73 Å². The van der Waals surface area contributed by atoms with Crippen molar-refractivity contribution in [2.45, 2.75) is 43.0 Å².